The second kappa shape index (κ2) is 9.36. The Morgan fingerprint density at radius 1 is 1.03 bits per heavy atom. The molecule has 0 radical (unpaired) electrons. The van der Waals surface area contributed by atoms with Crippen molar-refractivity contribution in [1.29, 1.82) is 0 Å². The van der Waals surface area contributed by atoms with Crippen molar-refractivity contribution in [1.82, 2.24) is 4.98 Å². The van der Waals surface area contributed by atoms with Crippen LogP contribution in [0, 0.1) is 6.92 Å². The summed E-state index contributed by atoms with van der Waals surface area (Å²) in [6, 6.07) is 18.2. The van der Waals surface area contributed by atoms with Gasteiger partial charge in [0.1, 0.15) is 12.4 Å². The molecule has 0 aliphatic heterocycles. The fourth-order valence-electron chi connectivity index (χ4n) is 2.73. The summed E-state index contributed by atoms with van der Waals surface area (Å²) < 4.78 is 10.6. The van der Waals surface area contributed by atoms with E-state index in [1.807, 2.05) is 30.3 Å². The van der Waals surface area contributed by atoms with Crippen molar-refractivity contribution in [3.05, 3.63) is 78.0 Å². The fraction of sp³-hybridized carbons (Fsp3) is 0.136. The second-order valence-electron chi connectivity index (χ2n) is 6.19. The number of rotatable bonds is 7. The minimum absolute atomic E-state index is 0.0167. The van der Waals surface area contributed by atoms with Crippen LogP contribution in [0.2, 0.25) is 0 Å². The molecule has 0 atom stereocenters. The number of pyridine rings is 1. The lowest BCUT2D eigenvalue weighted by atomic mass is 10.1. The Bertz CT molecular complexity index is 1010. The SMILES string of the molecule is Cc1c(COC(=O)Nc2cccnc2-c2ccccc2)cccc1OCC(=O)O. The molecule has 0 saturated carbocycles. The van der Waals surface area contributed by atoms with Crippen LogP contribution in [0.4, 0.5) is 10.5 Å². The van der Waals surface area contributed by atoms with Crippen LogP contribution < -0.4 is 10.1 Å². The highest BCUT2D eigenvalue weighted by Gasteiger charge is 2.12. The molecule has 0 fully saturated rings. The topological polar surface area (TPSA) is 97.8 Å². The molecule has 0 unspecified atom stereocenters. The number of carbonyl (C=O) groups excluding carboxylic acids is 1. The smallest absolute Gasteiger partial charge is 0.412 e. The summed E-state index contributed by atoms with van der Waals surface area (Å²) in [4.78, 5) is 27.3. The molecule has 3 rings (SSSR count). The Morgan fingerprint density at radius 2 is 1.83 bits per heavy atom. The predicted molar refractivity (Wildman–Crippen MR) is 108 cm³/mol. The Hall–Kier alpha value is -3.87. The third-order valence-corrected chi connectivity index (χ3v) is 4.20. The van der Waals surface area contributed by atoms with Gasteiger partial charge in [-0.05, 0) is 36.2 Å². The van der Waals surface area contributed by atoms with Crippen LogP contribution in [-0.2, 0) is 16.1 Å². The zero-order valence-corrected chi connectivity index (χ0v) is 15.8. The third kappa shape index (κ3) is 5.32. The van der Waals surface area contributed by atoms with E-state index >= 15 is 0 Å². The monoisotopic (exact) mass is 392 g/mol. The number of hydrogen-bond donors (Lipinski definition) is 2. The van der Waals surface area contributed by atoms with Crippen molar-refractivity contribution in [2.75, 3.05) is 11.9 Å². The lowest BCUT2D eigenvalue weighted by Crippen LogP contribution is -2.15. The van der Waals surface area contributed by atoms with Crippen LogP contribution in [-0.4, -0.2) is 28.8 Å². The Labute approximate surface area is 167 Å². The zero-order valence-electron chi connectivity index (χ0n) is 15.8. The van der Waals surface area contributed by atoms with Gasteiger partial charge in [-0.3, -0.25) is 10.3 Å². The molecule has 0 spiro atoms. The van der Waals surface area contributed by atoms with Gasteiger partial charge in [0.05, 0.1) is 11.4 Å². The van der Waals surface area contributed by atoms with Crippen LogP contribution >= 0.6 is 0 Å². The number of benzene rings is 2. The Morgan fingerprint density at radius 3 is 2.59 bits per heavy atom. The van der Waals surface area contributed by atoms with E-state index in [1.54, 1.807) is 43.5 Å². The average molecular weight is 392 g/mol. The summed E-state index contributed by atoms with van der Waals surface area (Å²) in [5, 5.41) is 11.5. The number of ether oxygens (including phenoxy) is 2. The van der Waals surface area contributed by atoms with Gasteiger partial charge in [0.2, 0.25) is 0 Å². The summed E-state index contributed by atoms with van der Waals surface area (Å²) in [5.74, 6) is -0.622. The second-order valence-corrected chi connectivity index (χ2v) is 6.19. The van der Waals surface area contributed by atoms with Crippen molar-refractivity contribution in [2.24, 2.45) is 0 Å². The lowest BCUT2D eigenvalue weighted by molar-refractivity contribution is -0.139. The summed E-state index contributed by atoms with van der Waals surface area (Å²) in [7, 11) is 0. The highest BCUT2D eigenvalue weighted by Crippen LogP contribution is 2.26. The zero-order chi connectivity index (χ0) is 20.6. The van der Waals surface area contributed by atoms with E-state index in [1.165, 1.54) is 0 Å². The standard InChI is InChI=1S/C22H20N2O5/c1-15-17(9-5-11-19(15)28-14-20(25)26)13-29-22(27)24-18-10-6-12-23-21(18)16-7-3-2-4-8-16/h2-12H,13-14H2,1H3,(H,24,27)(H,25,26). The van der Waals surface area contributed by atoms with Crippen molar-refractivity contribution < 1.29 is 24.2 Å². The number of aromatic nitrogens is 1. The summed E-state index contributed by atoms with van der Waals surface area (Å²) in [6.07, 6.45) is 1.04. The van der Waals surface area contributed by atoms with Crippen molar-refractivity contribution in [2.45, 2.75) is 13.5 Å². The summed E-state index contributed by atoms with van der Waals surface area (Å²) in [5.41, 5.74) is 3.50. The number of hydrogen-bond acceptors (Lipinski definition) is 5. The van der Waals surface area contributed by atoms with Gasteiger partial charge in [0, 0.05) is 11.8 Å². The van der Waals surface area contributed by atoms with Gasteiger partial charge in [-0.1, -0.05) is 42.5 Å². The average Bonchev–Trinajstić information content (AvgIpc) is 2.73. The minimum Gasteiger partial charge on any atom is -0.482 e. The molecule has 1 heterocycles. The maximum Gasteiger partial charge on any atom is 0.412 e. The summed E-state index contributed by atoms with van der Waals surface area (Å²) in [6.45, 7) is 1.36. The molecule has 29 heavy (non-hydrogen) atoms. The van der Waals surface area contributed by atoms with Gasteiger partial charge < -0.3 is 14.6 Å². The maximum atomic E-state index is 12.3. The van der Waals surface area contributed by atoms with Gasteiger partial charge in [-0.25, -0.2) is 9.59 Å². The Kier molecular flexibility index (Phi) is 6.42. The molecule has 7 heteroatoms. The van der Waals surface area contributed by atoms with Gasteiger partial charge in [-0.15, -0.1) is 0 Å². The first-order valence-electron chi connectivity index (χ1n) is 8.92. The number of amides is 1. The molecule has 0 aliphatic carbocycles. The first-order valence-corrected chi connectivity index (χ1v) is 8.92. The van der Waals surface area contributed by atoms with Crippen LogP contribution in [0.3, 0.4) is 0 Å². The van der Waals surface area contributed by atoms with Gasteiger partial charge in [0.25, 0.3) is 0 Å². The maximum absolute atomic E-state index is 12.3. The van der Waals surface area contributed by atoms with E-state index in [4.69, 9.17) is 14.6 Å². The van der Waals surface area contributed by atoms with E-state index in [9.17, 15) is 9.59 Å². The highest BCUT2D eigenvalue weighted by molar-refractivity contribution is 5.90. The lowest BCUT2D eigenvalue weighted by Gasteiger charge is -2.13. The predicted octanol–water partition coefficient (Wildman–Crippen LogP) is 4.27. The number of nitrogens with zero attached hydrogens (tertiary/aromatic N) is 1. The number of carbonyl (C=O) groups is 2. The van der Waals surface area contributed by atoms with Crippen molar-refractivity contribution >= 4 is 17.7 Å². The number of anilines is 1. The normalized spacial score (nSPS) is 10.2. The number of carboxylic acid groups (broad SMARTS) is 1. The van der Waals surface area contributed by atoms with Crippen molar-refractivity contribution in [3.8, 4) is 17.0 Å². The molecule has 2 aromatic carbocycles. The fourth-order valence-corrected chi connectivity index (χ4v) is 2.73. The summed E-state index contributed by atoms with van der Waals surface area (Å²) >= 11 is 0. The highest BCUT2D eigenvalue weighted by atomic mass is 16.5. The van der Waals surface area contributed by atoms with Crippen LogP contribution in [0.1, 0.15) is 11.1 Å². The molecule has 0 saturated heterocycles. The molecular formula is C22H20N2O5. The van der Waals surface area contributed by atoms with E-state index < -0.39 is 18.7 Å². The molecule has 1 amide bonds. The third-order valence-electron chi connectivity index (χ3n) is 4.20. The van der Waals surface area contributed by atoms with E-state index in [0.717, 1.165) is 11.1 Å². The van der Waals surface area contributed by atoms with Crippen molar-refractivity contribution in [3.63, 3.8) is 0 Å². The number of carboxylic acids is 1. The largest absolute Gasteiger partial charge is 0.482 e. The van der Waals surface area contributed by atoms with Gasteiger partial charge in [-0.2, -0.15) is 0 Å². The first kappa shape index (κ1) is 19.9. The van der Waals surface area contributed by atoms with Gasteiger partial charge >= 0.3 is 12.1 Å². The van der Waals surface area contributed by atoms with Gasteiger partial charge in [0.15, 0.2) is 6.61 Å². The Balaban J connectivity index is 1.66. The first-order chi connectivity index (χ1) is 14.0. The van der Waals surface area contributed by atoms with E-state index in [0.29, 0.717) is 22.7 Å². The van der Waals surface area contributed by atoms with Crippen LogP contribution in [0.25, 0.3) is 11.3 Å². The molecule has 2 N–H and O–H groups in total. The molecule has 148 valence electrons. The molecule has 1 aromatic heterocycles. The minimum atomic E-state index is -1.06. The number of nitrogens with one attached hydrogen (secondary N) is 1. The molecule has 0 aliphatic rings. The van der Waals surface area contributed by atoms with Crippen LogP contribution in [0.15, 0.2) is 66.9 Å². The molecular weight excluding hydrogens is 372 g/mol. The quantitative estimate of drug-likeness (QED) is 0.623. The molecule has 3 aromatic rings. The number of aliphatic carboxylic acids is 1. The van der Waals surface area contributed by atoms with E-state index in [-0.39, 0.29) is 6.61 Å². The molecule has 0 bridgehead atoms. The molecule has 7 nitrogen and oxygen atoms in total. The van der Waals surface area contributed by atoms with E-state index in [2.05, 4.69) is 10.3 Å². The van der Waals surface area contributed by atoms with Crippen LogP contribution in [0.5, 0.6) is 5.75 Å².